The fourth-order valence-electron chi connectivity index (χ4n) is 5.65. The number of hydrogen-bond acceptors (Lipinski definition) is 7. The Morgan fingerprint density at radius 3 is 2.36 bits per heavy atom. The predicted octanol–water partition coefficient (Wildman–Crippen LogP) is 6.34. The minimum atomic E-state index is -1.08. The van der Waals surface area contributed by atoms with Crippen LogP contribution in [0.1, 0.15) is 56.4 Å². The number of nitrogens with one attached hydrogen (secondary N) is 2. The number of likely N-dealkylation sites (N-methyl/N-ethyl adjacent to an activating group) is 1. The Bertz CT molecular complexity index is 1490. The monoisotopic (exact) mass is 660 g/mol. The van der Waals surface area contributed by atoms with Gasteiger partial charge in [0, 0.05) is 65.8 Å². The average molecular weight is 662 g/mol. The second kappa shape index (κ2) is 15.7. The molecule has 2 unspecified atom stereocenters. The van der Waals surface area contributed by atoms with E-state index in [1.165, 1.54) is 0 Å². The van der Waals surface area contributed by atoms with Crippen LogP contribution in [0.5, 0.6) is 0 Å². The van der Waals surface area contributed by atoms with E-state index in [0.717, 1.165) is 42.9 Å². The topological polar surface area (TPSA) is 91.0 Å². The van der Waals surface area contributed by atoms with Crippen molar-refractivity contribution >= 4 is 65.4 Å². The number of halogens is 3. The van der Waals surface area contributed by atoms with E-state index in [-0.39, 0.29) is 36.5 Å². The number of carbonyl (C=O) groups is 3. The Labute approximate surface area is 276 Å². The second-order valence-electron chi connectivity index (χ2n) is 11.1. The quantitative estimate of drug-likeness (QED) is 0.174. The van der Waals surface area contributed by atoms with Gasteiger partial charge in [-0.2, -0.15) is 0 Å². The number of ether oxygens (including phenoxy) is 1. The van der Waals surface area contributed by atoms with Crippen LogP contribution in [0.3, 0.4) is 0 Å². The van der Waals surface area contributed by atoms with Gasteiger partial charge in [0.05, 0.1) is 0 Å². The zero-order valence-electron chi connectivity index (χ0n) is 25.1. The normalized spacial score (nSPS) is 17.4. The van der Waals surface area contributed by atoms with Crippen molar-refractivity contribution in [2.75, 3.05) is 50.4 Å². The summed E-state index contributed by atoms with van der Waals surface area (Å²) in [5.41, 5.74) is 4.85. The number of rotatable bonds is 7. The van der Waals surface area contributed by atoms with Crippen LogP contribution in [0.2, 0.25) is 5.02 Å². The first-order chi connectivity index (χ1) is 20.2. The Kier molecular flexibility index (Phi) is 12.6. The molecule has 3 aromatic rings. The molecular formula is C33H39Cl3N4O4. The summed E-state index contributed by atoms with van der Waals surface area (Å²) in [6.07, 6.45) is 0.931. The number of carbonyl (C=O) groups excluding carboxylic acids is 3. The van der Waals surface area contributed by atoms with Crippen molar-refractivity contribution in [3.63, 3.8) is 0 Å². The van der Waals surface area contributed by atoms with Crippen molar-refractivity contribution in [2.45, 2.75) is 38.8 Å². The maximum atomic E-state index is 14.1. The van der Waals surface area contributed by atoms with Gasteiger partial charge in [0.2, 0.25) is 0 Å². The summed E-state index contributed by atoms with van der Waals surface area (Å²) in [6.45, 7) is 7.09. The number of piperazine rings is 1. The fourth-order valence-corrected chi connectivity index (χ4v) is 5.83. The smallest absolute Gasteiger partial charge is 0.332 e. The molecule has 0 radical (unpaired) electrons. The standard InChI is InChI=1S/C33H37ClN4O4.2ClH/c1-21-7-4-5-8-26(21)32(40)36-24-11-12-25(22(2)19-24)31(39)30(38-17-15-37(3)16-18-38)33(41)42-29-9-6-14-35-28-13-10-23(34)20-27(28)29;;/h4-5,7-8,10-13,19-20,29-30,35H,6,9,14-18H2,1-3H3,(H,36,40);2*1H. The Morgan fingerprint density at radius 1 is 0.932 bits per heavy atom. The van der Waals surface area contributed by atoms with Gasteiger partial charge in [-0.15, -0.1) is 24.8 Å². The molecule has 3 aromatic carbocycles. The van der Waals surface area contributed by atoms with Gasteiger partial charge in [-0.1, -0.05) is 29.8 Å². The van der Waals surface area contributed by atoms with E-state index >= 15 is 0 Å². The summed E-state index contributed by atoms with van der Waals surface area (Å²) in [5.74, 6) is -1.08. The van der Waals surface area contributed by atoms with Gasteiger partial charge in [0.25, 0.3) is 5.91 Å². The van der Waals surface area contributed by atoms with Gasteiger partial charge in [0.1, 0.15) is 6.10 Å². The Balaban J connectivity index is 0.00000264. The van der Waals surface area contributed by atoms with Gasteiger partial charge < -0.3 is 20.3 Å². The van der Waals surface area contributed by atoms with Crippen LogP contribution in [0, 0.1) is 13.8 Å². The lowest BCUT2D eigenvalue weighted by molar-refractivity contribution is -0.154. The summed E-state index contributed by atoms with van der Waals surface area (Å²) in [5, 5.41) is 6.87. The molecule has 2 aliphatic rings. The van der Waals surface area contributed by atoms with E-state index < -0.39 is 18.1 Å². The van der Waals surface area contributed by atoms with Crippen LogP contribution in [0.15, 0.2) is 60.7 Å². The predicted molar refractivity (Wildman–Crippen MR) is 180 cm³/mol. The van der Waals surface area contributed by atoms with Crippen LogP contribution in [-0.4, -0.2) is 73.3 Å². The molecule has 5 rings (SSSR count). The van der Waals surface area contributed by atoms with Gasteiger partial charge in [-0.05, 0) is 87.3 Å². The largest absolute Gasteiger partial charge is 0.456 e. The molecule has 2 N–H and O–H groups in total. The third-order valence-corrected chi connectivity index (χ3v) is 8.33. The second-order valence-corrected chi connectivity index (χ2v) is 11.6. The lowest BCUT2D eigenvalue weighted by Crippen LogP contribution is -2.55. The molecule has 11 heteroatoms. The highest BCUT2D eigenvalue weighted by atomic mass is 35.5. The number of anilines is 2. The summed E-state index contributed by atoms with van der Waals surface area (Å²) in [7, 11) is 2.03. The van der Waals surface area contributed by atoms with Crippen molar-refractivity contribution in [3.8, 4) is 0 Å². The van der Waals surface area contributed by atoms with Crippen molar-refractivity contribution in [1.82, 2.24) is 9.80 Å². The number of hydrogen-bond donors (Lipinski definition) is 2. The Hall–Kier alpha value is -3.14. The number of fused-ring (bicyclic) bond motifs is 1. The van der Waals surface area contributed by atoms with Crippen LogP contribution < -0.4 is 10.6 Å². The zero-order chi connectivity index (χ0) is 29.8. The number of aryl methyl sites for hydroxylation is 2. The highest BCUT2D eigenvalue weighted by molar-refractivity contribution is 6.30. The molecule has 0 spiro atoms. The number of nitrogens with zero attached hydrogens (tertiary/aromatic N) is 2. The summed E-state index contributed by atoms with van der Waals surface area (Å²) >= 11 is 6.30. The van der Waals surface area contributed by atoms with Gasteiger partial charge in [-0.3, -0.25) is 14.5 Å². The minimum Gasteiger partial charge on any atom is -0.456 e. The molecule has 44 heavy (non-hydrogen) atoms. The number of ketones is 1. The molecule has 1 saturated heterocycles. The summed E-state index contributed by atoms with van der Waals surface area (Å²) < 4.78 is 6.14. The zero-order valence-corrected chi connectivity index (χ0v) is 27.5. The lowest BCUT2D eigenvalue weighted by atomic mass is 9.97. The van der Waals surface area contributed by atoms with Crippen molar-refractivity contribution in [2.24, 2.45) is 0 Å². The number of Topliss-reactive ketones (excluding diaryl/α,β-unsaturated/α-hetero) is 1. The molecular weight excluding hydrogens is 623 g/mol. The number of benzene rings is 3. The third kappa shape index (κ3) is 8.11. The molecule has 1 amide bonds. The summed E-state index contributed by atoms with van der Waals surface area (Å²) in [4.78, 5) is 45.0. The first-order valence-electron chi connectivity index (χ1n) is 14.4. The maximum Gasteiger partial charge on any atom is 0.332 e. The van der Waals surface area contributed by atoms with Crippen molar-refractivity contribution < 1.29 is 19.1 Å². The van der Waals surface area contributed by atoms with E-state index in [1.807, 2.05) is 62.2 Å². The fraction of sp³-hybridized carbons (Fsp3) is 0.364. The number of amides is 1. The first-order valence-corrected chi connectivity index (χ1v) is 14.8. The third-order valence-electron chi connectivity index (χ3n) is 8.09. The molecule has 8 nitrogen and oxygen atoms in total. The summed E-state index contributed by atoms with van der Waals surface area (Å²) in [6, 6.07) is 17.0. The van der Waals surface area contributed by atoms with Gasteiger partial charge in [-0.25, -0.2) is 4.79 Å². The van der Waals surface area contributed by atoms with E-state index in [4.69, 9.17) is 16.3 Å². The molecule has 0 aromatic heterocycles. The Morgan fingerprint density at radius 2 is 1.66 bits per heavy atom. The van der Waals surface area contributed by atoms with E-state index in [9.17, 15) is 14.4 Å². The molecule has 2 heterocycles. The minimum absolute atomic E-state index is 0. The first kappa shape index (κ1) is 35.3. The number of esters is 1. The van der Waals surface area contributed by atoms with Crippen LogP contribution in [-0.2, 0) is 9.53 Å². The molecule has 2 aliphatic heterocycles. The highest BCUT2D eigenvalue weighted by Crippen LogP contribution is 2.35. The molecule has 0 aliphatic carbocycles. The van der Waals surface area contributed by atoms with E-state index in [2.05, 4.69) is 15.5 Å². The van der Waals surface area contributed by atoms with E-state index in [1.54, 1.807) is 24.3 Å². The molecule has 236 valence electrons. The van der Waals surface area contributed by atoms with Crippen LogP contribution in [0.25, 0.3) is 0 Å². The maximum absolute atomic E-state index is 14.1. The van der Waals surface area contributed by atoms with Crippen molar-refractivity contribution in [3.05, 3.63) is 93.5 Å². The van der Waals surface area contributed by atoms with E-state index in [0.29, 0.717) is 46.9 Å². The van der Waals surface area contributed by atoms with Crippen LogP contribution >= 0.6 is 36.4 Å². The molecule has 0 bridgehead atoms. The molecule has 0 saturated carbocycles. The van der Waals surface area contributed by atoms with Gasteiger partial charge >= 0.3 is 5.97 Å². The van der Waals surface area contributed by atoms with Gasteiger partial charge in [0.15, 0.2) is 11.8 Å². The molecule has 2 atom stereocenters. The lowest BCUT2D eigenvalue weighted by Gasteiger charge is -2.36. The molecule has 1 fully saturated rings. The SMILES string of the molecule is Cc1ccccc1C(=O)Nc1ccc(C(=O)C(C(=O)OC2CCCNc3ccc(Cl)cc32)N2CCN(C)CC2)c(C)c1.Cl.Cl. The highest BCUT2D eigenvalue weighted by Gasteiger charge is 2.38. The van der Waals surface area contributed by atoms with Crippen LogP contribution in [0.4, 0.5) is 11.4 Å². The average Bonchev–Trinajstić information content (AvgIpc) is 3.16. The van der Waals surface area contributed by atoms with Crippen molar-refractivity contribution in [1.29, 1.82) is 0 Å².